The third-order valence-corrected chi connectivity index (χ3v) is 7.72. The number of fused-ring (bicyclic) bond motifs is 6. The molecule has 8 aromatic rings. The highest BCUT2D eigenvalue weighted by atomic mass is 15.1. The maximum atomic E-state index is 2.46. The van der Waals surface area contributed by atoms with E-state index in [9.17, 15) is 0 Å². The molecule has 0 N–H and O–H groups in total. The second-order valence-electron chi connectivity index (χ2n) is 9.78. The van der Waals surface area contributed by atoms with E-state index >= 15 is 0 Å². The molecular weight excluding hydrogens is 460 g/mol. The quantitative estimate of drug-likeness (QED) is 0.236. The predicted octanol–water partition coefficient (Wildman–Crippen LogP) is 9.55. The first-order chi connectivity index (χ1) is 18.9. The molecule has 6 aromatic carbocycles. The molecule has 0 unspecified atom stereocenters. The summed E-state index contributed by atoms with van der Waals surface area (Å²) in [5.74, 6) is 0. The lowest BCUT2D eigenvalue weighted by Crippen LogP contribution is -2.05. The first-order valence-corrected chi connectivity index (χ1v) is 13.1. The SMILES string of the molecule is c1ccc(-c2cccc(-n3c4ccccc4c4ccccc43)c2-n2c3ccccc3c3ccccc32)cc1. The van der Waals surface area contributed by atoms with E-state index in [1.165, 1.54) is 60.4 Å². The molecule has 0 radical (unpaired) electrons. The van der Waals surface area contributed by atoms with Crippen LogP contribution in [-0.2, 0) is 0 Å². The minimum absolute atomic E-state index is 1.16. The number of aromatic nitrogens is 2. The Balaban J connectivity index is 1.60. The first-order valence-electron chi connectivity index (χ1n) is 13.1. The van der Waals surface area contributed by atoms with Crippen LogP contribution in [-0.4, -0.2) is 9.13 Å². The van der Waals surface area contributed by atoms with E-state index in [4.69, 9.17) is 0 Å². The van der Waals surface area contributed by atoms with Gasteiger partial charge in [-0.25, -0.2) is 0 Å². The fourth-order valence-electron chi connectivity index (χ4n) is 6.14. The Labute approximate surface area is 220 Å². The summed E-state index contributed by atoms with van der Waals surface area (Å²) in [5.41, 5.74) is 9.58. The molecule has 0 atom stereocenters. The molecule has 0 saturated carbocycles. The van der Waals surface area contributed by atoms with Gasteiger partial charge < -0.3 is 9.13 Å². The summed E-state index contributed by atoms with van der Waals surface area (Å²) < 4.78 is 4.90. The Kier molecular flexibility index (Phi) is 4.55. The Hall–Kier alpha value is -5.08. The van der Waals surface area contributed by atoms with Crippen molar-refractivity contribution < 1.29 is 0 Å². The normalized spacial score (nSPS) is 11.7. The molecule has 0 saturated heterocycles. The van der Waals surface area contributed by atoms with Gasteiger partial charge in [0.25, 0.3) is 0 Å². The van der Waals surface area contributed by atoms with E-state index in [-0.39, 0.29) is 0 Å². The molecule has 178 valence electrons. The minimum atomic E-state index is 1.16. The smallest absolute Gasteiger partial charge is 0.0781 e. The molecule has 0 fully saturated rings. The zero-order chi connectivity index (χ0) is 25.1. The van der Waals surface area contributed by atoms with Crippen molar-refractivity contribution in [3.05, 3.63) is 146 Å². The number of para-hydroxylation sites is 5. The van der Waals surface area contributed by atoms with E-state index in [2.05, 4.69) is 155 Å². The molecule has 0 bridgehead atoms. The van der Waals surface area contributed by atoms with Gasteiger partial charge in [-0.05, 0) is 35.9 Å². The fraction of sp³-hybridized carbons (Fsp3) is 0. The highest BCUT2D eigenvalue weighted by Crippen LogP contribution is 2.41. The van der Waals surface area contributed by atoms with Crippen LogP contribution in [0.25, 0.3) is 66.1 Å². The van der Waals surface area contributed by atoms with Crippen LogP contribution in [0, 0.1) is 0 Å². The first kappa shape index (κ1) is 21.0. The van der Waals surface area contributed by atoms with Crippen molar-refractivity contribution in [3.8, 4) is 22.5 Å². The number of hydrogen-bond donors (Lipinski definition) is 0. The molecule has 2 aromatic heterocycles. The number of nitrogens with zero attached hydrogens (tertiary/aromatic N) is 2. The summed E-state index contributed by atoms with van der Waals surface area (Å²) in [6.07, 6.45) is 0. The second-order valence-corrected chi connectivity index (χ2v) is 9.78. The van der Waals surface area contributed by atoms with Gasteiger partial charge in [0.15, 0.2) is 0 Å². The summed E-state index contributed by atoms with van der Waals surface area (Å²) in [7, 11) is 0. The van der Waals surface area contributed by atoms with Gasteiger partial charge in [0.2, 0.25) is 0 Å². The molecule has 0 aliphatic rings. The largest absolute Gasteiger partial charge is 0.307 e. The Bertz CT molecular complexity index is 2020. The Morgan fingerprint density at radius 1 is 0.316 bits per heavy atom. The van der Waals surface area contributed by atoms with E-state index in [1.54, 1.807) is 0 Å². The lowest BCUT2D eigenvalue weighted by molar-refractivity contribution is 1.10. The Morgan fingerprint density at radius 3 is 1.24 bits per heavy atom. The molecule has 38 heavy (non-hydrogen) atoms. The zero-order valence-electron chi connectivity index (χ0n) is 20.8. The highest BCUT2D eigenvalue weighted by Gasteiger charge is 2.21. The zero-order valence-corrected chi connectivity index (χ0v) is 20.8. The number of rotatable bonds is 3. The average Bonchev–Trinajstić information content (AvgIpc) is 3.50. The van der Waals surface area contributed by atoms with Gasteiger partial charge in [0.05, 0.1) is 33.4 Å². The maximum Gasteiger partial charge on any atom is 0.0781 e. The van der Waals surface area contributed by atoms with E-state index < -0.39 is 0 Å². The van der Waals surface area contributed by atoms with Crippen LogP contribution < -0.4 is 0 Å². The van der Waals surface area contributed by atoms with Crippen LogP contribution in [0.2, 0.25) is 0 Å². The highest BCUT2D eigenvalue weighted by molar-refractivity contribution is 6.12. The number of hydrogen-bond acceptors (Lipinski definition) is 0. The summed E-state index contributed by atoms with van der Waals surface area (Å²) in [4.78, 5) is 0. The molecule has 2 heterocycles. The number of benzene rings is 6. The van der Waals surface area contributed by atoms with Crippen LogP contribution in [0.3, 0.4) is 0 Å². The van der Waals surface area contributed by atoms with Gasteiger partial charge in [0.1, 0.15) is 0 Å². The fourth-order valence-corrected chi connectivity index (χ4v) is 6.14. The minimum Gasteiger partial charge on any atom is -0.307 e. The molecule has 0 aliphatic carbocycles. The van der Waals surface area contributed by atoms with Crippen molar-refractivity contribution in [3.63, 3.8) is 0 Å². The van der Waals surface area contributed by atoms with Crippen molar-refractivity contribution in [2.45, 2.75) is 0 Å². The van der Waals surface area contributed by atoms with Crippen molar-refractivity contribution in [1.82, 2.24) is 9.13 Å². The third kappa shape index (κ3) is 2.95. The van der Waals surface area contributed by atoms with Crippen LogP contribution in [0.1, 0.15) is 0 Å². The van der Waals surface area contributed by atoms with Crippen molar-refractivity contribution in [1.29, 1.82) is 0 Å². The molecule has 8 rings (SSSR count). The lowest BCUT2D eigenvalue weighted by atomic mass is 10.0. The molecule has 0 aliphatic heterocycles. The monoisotopic (exact) mass is 484 g/mol. The van der Waals surface area contributed by atoms with Gasteiger partial charge in [0, 0.05) is 27.1 Å². The van der Waals surface area contributed by atoms with Crippen LogP contribution >= 0.6 is 0 Å². The lowest BCUT2D eigenvalue weighted by Gasteiger charge is -2.20. The van der Waals surface area contributed by atoms with Gasteiger partial charge >= 0.3 is 0 Å². The van der Waals surface area contributed by atoms with Gasteiger partial charge in [-0.1, -0.05) is 115 Å². The standard InChI is InChI=1S/C36H24N2/c1-2-13-25(14-3-1)26-19-12-24-35(37-31-20-8-4-15-27(31)28-16-5-9-21-32(28)37)36(26)38-33-22-10-6-17-29(33)30-18-7-11-23-34(30)38/h1-24H. The second kappa shape index (κ2) is 8.22. The summed E-state index contributed by atoms with van der Waals surface area (Å²) in [6.45, 7) is 0. The van der Waals surface area contributed by atoms with Gasteiger partial charge in [-0.15, -0.1) is 0 Å². The van der Waals surface area contributed by atoms with E-state index in [1.807, 2.05) is 0 Å². The van der Waals surface area contributed by atoms with Crippen LogP contribution in [0.5, 0.6) is 0 Å². The molecular formula is C36H24N2. The topological polar surface area (TPSA) is 9.86 Å². The summed E-state index contributed by atoms with van der Waals surface area (Å²) >= 11 is 0. The van der Waals surface area contributed by atoms with Crippen molar-refractivity contribution >= 4 is 43.6 Å². The van der Waals surface area contributed by atoms with E-state index in [0.29, 0.717) is 0 Å². The molecule has 2 heteroatoms. The van der Waals surface area contributed by atoms with Crippen molar-refractivity contribution in [2.75, 3.05) is 0 Å². The molecule has 0 amide bonds. The van der Waals surface area contributed by atoms with Gasteiger partial charge in [-0.3, -0.25) is 0 Å². The van der Waals surface area contributed by atoms with Crippen molar-refractivity contribution in [2.24, 2.45) is 0 Å². The summed E-state index contributed by atoms with van der Waals surface area (Å²) in [5, 5.41) is 5.06. The Morgan fingerprint density at radius 2 is 0.737 bits per heavy atom. The molecule has 0 spiro atoms. The van der Waals surface area contributed by atoms with Gasteiger partial charge in [-0.2, -0.15) is 0 Å². The predicted molar refractivity (Wildman–Crippen MR) is 161 cm³/mol. The van der Waals surface area contributed by atoms with Crippen LogP contribution in [0.4, 0.5) is 0 Å². The van der Waals surface area contributed by atoms with Crippen LogP contribution in [0.15, 0.2) is 146 Å². The summed E-state index contributed by atoms with van der Waals surface area (Å²) in [6, 6.07) is 52.5. The maximum absolute atomic E-state index is 2.46. The average molecular weight is 485 g/mol. The molecule has 2 nitrogen and oxygen atoms in total. The third-order valence-electron chi connectivity index (χ3n) is 7.72. The van der Waals surface area contributed by atoms with E-state index in [0.717, 1.165) is 5.69 Å².